The Kier molecular flexibility index (Phi) is 37.8. The van der Waals surface area contributed by atoms with Gasteiger partial charge in [-0.05, 0) is 38.5 Å². The van der Waals surface area contributed by atoms with Crippen molar-refractivity contribution in [2.24, 2.45) is 0 Å². The Morgan fingerprint density at radius 3 is 1.20 bits per heavy atom. The molecule has 0 radical (unpaired) electrons. The van der Waals surface area contributed by atoms with Crippen LogP contribution in [0.3, 0.4) is 0 Å². The smallest absolute Gasteiger partial charge is 0.220 e. The summed E-state index contributed by atoms with van der Waals surface area (Å²) in [6.45, 7) is 4.36. The van der Waals surface area contributed by atoms with E-state index >= 15 is 0 Å². The van der Waals surface area contributed by atoms with Gasteiger partial charge in [-0.3, -0.25) is 4.79 Å². The third-order valence-electron chi connectivity index (χ3n) is 9.78. The summed E-state index contributed by atoms with van der Waals surface area (Å²) in [5.41, 5.74) is 0. The van der Waals surface area contributed by atoms with Crippen LogP contribution in [0.15, 0.2) is 12.2 Å². The van der Waals surface area contributed by atoms with Gasteiger partial charge in [0.05, 0.1) is 18.8 Å². The number of amides is 1. The fraction of sp³-hybridized carbons (Fsp3) is 0.929. The molecule has 0 bridgehead atoms. The van der Waals surface area contributed by atoms with Crippen molar-refractivity contribution in [1.82, 2.24) is 5.32 Å². The fourth-order valence-corrected chi connectivity index (χ4v) is 6.53. The largest absolute Gasteiger partial charge is 0.394 e. The molecule has 274 valence electrons. The first-order chi connectivity index (χ1) is 22.7. The van der Waals surface area contributed by atoms with Gasteiger partial charge in [0.25, 0.3) is 0 Å². The number of carbonyl (C=O) groups excluding carboxylic acids is 1. The van der Waals surface area contributed by atoms with Gasteiger partial charge in [-0.25, -0.2) is 0 Å². The van der Waals surface area contributed by atoms with E-state index in [0.717, 1.165) is 25.7 Å². The molecule has 0 aromatic carbocycles. The van der Waals surface area contributed by atoms with E-state index in [9.17, 15) is 15.0 Å². The third-order valence-corrected chi connectivity index (χ3v) is 9.78. The molecular formula is C42H83NO3. The van der Waals surface area contributed by atoms with Crippen LogP contribution in [0.1, 0.15) is 232 Å². The molecule has 0 heterocycles. The summed E-state index contributed by atoms with van der Waals surface area (Å²) >= 11 is 0. The molecule has 0 aromatic heterocycles. The zero-order valence-electron chi connectivity index (χ0n) is 31.4. The SMILES string of the molecule is CCCCCCCC/C=C/CCCCCCCCCC(=O)N[C@@H](CO)[C@H](O)CCCCCCCCCCCCCCCCCCC. The van der Waals surface area contributed by atoms with Crippen LogP contribution >= 0.6 is 0 Å². The number of unbranched alkanes of at least 4 members (excludes halogenated alkanes) is 29. The second-order valence-electron chi connectivity index (χ2n) is 14.4. The summed E-state index contributed by atoms with van der Waals surface area (Å²) in [5, 5.41) is 23.1. The van der Waals surface area contributed by atoms with E-state index in [2.05, 4.69) is 31.3 Å². The molecule has 0 unspecified atom stereocenters. The minimum Gasteiger partial charge on any atom is -0.394 e. The summed E-state index contributed by atoms with van der Waals surface area (Å²) in [7, 11) is 0. The molecule has 0 aliphatic rings. The number of hydrogen-bond donors (Lipinski definition) is 3. The lowest BCUT2D eigenvalue weighted by atomic mass is 10.0. The first kappa shape index (κ1) is 45.1. The van der Waals surface area contributed by atoms with E-state index in [0.29, 0.717) is 12.8 Å². The van der Waals surface area contributed by atoms with Gasteiger partial charge in [0, 0.05) is 6.42 Å². The van der Waals surface area contributed by atoms with Crippen molar-refractivity contribution in [3.63, 3.8) is 0 Å². The molecule has 0 rings (SSSR count). The molecule has 0 aliphatic heterocycles. The van der Waals surface area contributed by atoms with Crippen molar-refractivity contribution >= 4 is 5.91 Å². The number of nitrogens with one attached hydrogen (secondary N) is 1. The lowest BCUT2D eigenvalue weighted by Gasteiger charge is -2.22. The van der Waals surface area contributed by atoms with Crippen molar-refractivity contribution in [3.05, 3.63) is 12.2 Å². The standard InChI is InChI=1S/C42H83NO3/c1-3-5-7-9-11-13-15-17-19-21-23-25-27-29-31-33-35-37-41(45)40(39-44)43-42(46)38-36-34-32-30-28-26-24-22-20-18-16-14-12-10-8-6-4-2/h18,20,40-41,44-45H,3-17,19,21-39H2,1-2H3,(H,43,46)/b20-18+/t40-,41+/m0/s1. The van der Waals surface area contributed by atoms with Crippen molar-refractivity contribution in [2.45, 2.75) is 244 Å². The molecule has 3 N–H and O–H groups in total. The predicted octanol–water partition coefficient (Wildman–Crippen LogP) is 12.7. The topological polar surface area (TPSA) is 69.6 Å². The highest BCUT2D eigenvalue weighted by molar-refractivity contribution is 5.76. The second kappa shape index (κ2) is 38.6. The summed E-state index contributed by atoms with van der Waals surface area (Å²) in [6, 6.07) is -0.534. The van der Waals surface area contributed by atoms with E-state index in [1.54, 1.807) is 0 Å². The van der Waals surface area contributed by atoms with Crippen molar-refractivity contribution in [1.29, 1.82) is 0 Å². The van der Waals surface area contributed by atoms with Crippen LogP contribution in [0, 0.1) is 0 Å². The Balaban J connectivity index is 3.52. The van der Waals surface area contributed by atoms with Crippen LogP contribution in [-0.4, -0.2) is 34.9 Å². The molecule has 0 aromatic rings. The molecule has 0 aliphatic carbocycles. The van der Waals surface area contributed by atoms with Gasteiger partial charge in [0.2, 0.25) is 5.91 Å². The summed E-state index contributed by atoms with van der Waals surface area (Å²) in [5.74, 6) is -0.0340. The molecule has 0 saturated heterocycles. The highest BCUT2D eigenvalue weighted by Gasteiger charge is 2.19. The fourth-order valence-electron chi connectivity index (χ4n) is 6.53. The monoisotopic (exact) mass is 650 g/mol. The Bertz CT molecular complexity index is 622. The summed E-state index contributed by atoms with van der Waals surface area (Å²) < 4.78 is 0. The summed E-state index contributed by atoms with van der Waals surface area (Å²) in [6.07, 6.45) is 47.0. The van der Waals surface area contributed by atoms with Gasteiger partial charge >= 0.3 is 0 Å². The second-order valence-corrected chi connectivity index (χ2v) is 14.4. The average Bonchev–Trinajstić information content (AvgIpc) is 3.06. The highest BCUT2D eigenvalue weighted by Crippen LogP contribution is 2.16. The molecule has 1 amide bonds. The highest BCUT2D eigenvalue weighted by atomic mass is 16.3. The number of aliphatic hydroxyl groups is 2. The lowest BCUT2D eigenvalue weighted by Crippen LogP contribution is -2.45. The normalized spacial score (nSPS) is 13.0. The number of carbonyl (C=O) groups is 1. The average molecular weight is 650 g/mol. The van der Waals surface area contributed by atoms with Crippen LogP contribution in [0.5, 0.6) is 0 Å². The van der Waals surface area contributed by atoms with Crippen LogP contribution in [0.2, 0.25) is 0 Å². The minimum atomic E-state index is -0.657. The number of aliphatic hydroxyl groups excluding tert-OH is 2. The zero-order chi connectivity index (χ0) is 33.6. The van der Waals surface area contributed by atoms with E-state index in [4.69, 9.17) is 0 Å². The molecule has 0 fully saturated rings. The van der Waals surface area contributed by atoms with Crippen LogP contribution in [-0.2, 0) is 4.79 Å². The molecule has 2 atom stereocenters. The lowest BCUT2D eigenvalue weighted by molar-refractivity contribution is -0.123. The maximum Gasteiger partial charge on any atom is 0.220 e. The third kappa shape index (κ3) is 34.5. The van der Waals surface area contributed by atoms with Gasteiger partial charge in [0.15, 0.2) is 0 Å². The molecule has 0 saturated carbocycles. The maximum absolute atomic E-state index is 12.4. The molecule has 4 heteroatoms. The van der Waals surface area contributed by atoms with Gasteiger partial charge in [-0.15, -0.1) is 0 Å². The Morgan fingerprint density at radius 2 is 0.826 bits per heavy atom. The van der Waals surface area contributed by atoms with Crippen molar-refractivity contribution < 1.29 is 15.0 Å². The number of rotatable bonds is 38. The first-order valence-corrected chi connectivity index (χ1v) is 20.9. The van der Waals surface area contributed by atoms with Crippen LogP contribution in [0.25, 0.3) is 0 Å². The quantitative estimate of drug-likeness (QED) is 0.0460. The molecule has 46 heavy (non-hydrogen) atoms. The zero-order valence-corrected chi connectivity index (χ0v) is 31.4. The molecule has 0 spiro atoms. The van der Waals surface area contributed by atoms with Gasteiger partial charge in [-0.2, -0.15) is 0 Å². The summed E-state index contributed by atoms with van der Waals surface area (Å²) in [4.78, 5) is 12.4. The Morgan fingerprint density at radius 1 is 0.500 bits per heavy atom. The van der Waals surface area contributed by atoms with E-state index in [1.165, 1.54) is 180 Å². The number of hydrogen-bond acceptors (Lipinski definition) is 3. The van der Waals surface area contributed by atoms with E-state index in [1.807, 2.05) is 0 Å². The van der Waals surface area contributed by atoms with E-state index < -0.39 is 12.1 Å². The Hall–Kier alpha value is -0.870. The van der Waals surface area contributed by atoms with Gasteiger partial charge in [0.1, 0.15) is 0 Å². The van der Waals surface area contributed by atoms with Crippen molar-refractivity contribution in [2.75, 3.05) is 6.61 Å². The minimum absolute atomic E-state index is 0.0340. The predicted molar refractivity (Wildman–Crippen MR) is 202 cm³/mol. The van der Waals surface area contributed by atoms with Crippen molar-refractivity contribution in [3.8, 4) is 0 Å². The first-order valence-electron chi connectivity index (χ1n) is 20.9. The van der Waals surface area contributed by atoms with Gasteiger partial charge in [-0.1, -0.05) is 199 Å². The van der Waals surface area contributed by atoms with Gasteiger partial charge < -0.3 is 15.5 Å². The van der Waals surface area contributed by atoms with Crippen LogP contribution in [0.4, 0.5) is 0 Å². The maximum atomic E-state index is 12.4. The van der Waals surface area contributed by atoms with Crippen LogP contribution < -0.4 is 5.32 Å². The molecular weight excluding hydrogens is 566 g/mol. The van der Waals surface area contributed by atoms with E-state index in [-0.39, 0.29) is 12.5 Å². The molecule has 4 nitrogen and oxygen atoms in total. The Labute approximate surface area is 288 Å². The number of allylic oxidation sites excluding steroid dienone is 2.